The molecule has 0 saturated carbocycles. The summed E-state index contributed by atoms with van der Waals surface area (Å²) in [5.74, 6) is -0.221. The minimum absolute atomic E-state index is 0.0573. The monoisotopic (exact) mass is 358 g/mol. The summed E-state index contributed by atoms with van der Waals surface area (Å²) in [6, 6.07) is 10.5. The number of aryl methyl sites for hydroxylation is 1. The summed E-state index contributed by atoms with van der Waals surface area (Å²) >= 11 is 0. The summed E-state index contributed by atoms with van der Waals surface area (Å²) in [7, 11) is 0. The van der Waals surface area contributed by atoms with Gasteiger partial charge in [0, 0.05) is 17.7 Å². The number of benzene rings is 1. The molecule has 1 aromatic carbocycles. The molecule has 7 heteroatoms. The molecule has 1 N–H and O–H groups in total. The normalized spacial score (nSPS) is 11.3. The number of fused-ring (bicyclic) bond motifs is 1. The summed E-state index contributed by atoms with van der Waals surface area (Å²) in [6.45, 7) is 4.11. The molecule has 0 atom stereocenters. The first-order valence-corrected chi connectivity index (χ1v) is 8.49. The van der Waals surface area contributed by atoms with Gasteiger partial charge in [0.25, 0.3) is 6.43 Å². The second-order valence-corrected chi connectivity index (χ2v) is 6.06. The van der Waals surface area contributed by atoms with E-state index in [9.17, 15) is 13.6 Å². The molecule has 0 aliphatic carbocycles. The summed E-state index contributed by atoms with van der Waals surface area (Å²) in [6.07, 6.45) is -1.84. The Kier molecular flexibility index (Phi) is 5.25. The van der Waals surface area contributed by atoms with E-state index in [2.05, 4.69) is 15.4 Å². The fourth-order valence-corrected chi connectivity index (χ4v) is 2.88. The molecule has 0 saturated heterocycles. The molecule has 0 fully saturated rings. The average Bonchev–Trinajstić information content (AvgIpc) is 2.95. The van der Waals surface area contributed by atoms with Crippen LogP contribution in [0.15, 0.2) is 36.4 Å². The third kappa shape index (κ3) is 3.56. The number of hydrogen-bond donors (Lipinski definition) is 1. The number of carbonyl (C=O) groups excluding carboxylic acids is 1. The topological polar surface area (TPSA) is 59.8 Å². The van der Waals surface area contributed by atoms with Gasteiger partial charge in [-0.15, -0.1) is 0 Å². The van der Waals surface area contributed by atoms with Gasteiger partial charge in [0.15, 0.2) is 5.65 Å². The predicted molar refractivity (Wildman–Crippen MR) is 96.0 cm³/mol. The van der Waals surface area contributed by atoms with Crippen LogP contribution in [-0.4, -0.2) is 27.2 Å². The molecule has 5 nitrogen and oxygen atoms in total. The number of pyridine rings is 1. The SMILES string of the molecule is CCCNC(=O)Cn1nc(C)c2c(C(F)F)cc(-c3ccccc3)nc21. The van der Waals surface area contributed by atoms with Gasteiger partial charge in [0.1, 0.15) is 6.54 Å². The van der Waals surface area contributed by atoms with Crippen molar-refractivity contribution in [2.45, 2.75) is 33.2 Å². The maximum Gasteiger partial charge on any atom is 0.264 e. The number of carbonyl (C=O) groups is 1. The van der Waals surface area contributed by atoms with Crippen LogP contribution in [0.2, 0.25) is 0 Å². The van der Waals surface area contributed by atoms with Crippen molar-refractivity contribution in [1.82, 2.24) is 20.1 Å². The molecule has 26 heavy (non-hydrogen) atoms. The van der Waals surface area contributed by atoms with Crippen LogP contribution < -0.4 is 5.32 Å². The van der Waals surface area contributed by atoms with E-state index in [-0.39, 0.29) is 18.0 Å². The molecule has 3 aromatic rings. The van der Waals surface area contributed by atoms with Crippen molar-refractivity contribution in [2.24, 2.45) is 0 Å². The molecule has 0 radical (unpaired) electrons. The maximum absolute atomic E-state index is 13.7. The van der Waals surface area contributed by atoms with Gasteiger partial charge in [0.05, 0.1) is 16.8 Å². The first kappa shape index (κ1) is 18.0. The van der Waals surface area contributed by atoms with Gasteiger partial charge >= 0.3 is 0 Å². The van der Waals surface area contributed by atoms with Crippen LogP contribution in [0.5, 0.6) is 0 Å². The van der Waals surface area contributed by atoms with E-state index in [1.165, 1.54) is 10.7 Å². The number of nitrogens with zero attached hydrogens (tertiary/aromatic N) is 3. The quantitative estimate of drug-likeness (QED) is 0.728. The number of hydrogen-bond acceptors (Lipinski definition) is 3. The van der Waals surface area contributed by atoms with E-state index in [1.54, 1.807) is 6.92 Å². The zero-order valence-corrected chi connectivity index (χ0v) is 14.7. The Morgan fingerprint density at radius 2 is 2.00 bits per heavy atom. The van der Waals surface area contributed by atoms with Crippen molar-refractivity contribution >= 4 is 16.9 Å². The standard InChI is InChI=1S/C19H20F2N4O/c1-3-9-22-16(26)11-25-19-17(12(2)24-25)14(18(20)21)10-15(23-19)13-7-5-4-6-8-13/h4-8,10,18H,3,9,11H2,1-2H3,(H,22,26). The first-order chi connectivity index (χ1) is 12.5. The van der Waals surface area contributed by atoms with Crippen molar-refractivity contribution in [3.05, 3.63) is 47.7 Å². The van der Waals surface area contributed by atoms with Gasteiger partial charge in [-0.2, -0.15) is 5.10 Å². The molecule has 136 valence electrons. The molecule has 0 unspecified atom stereocenters. The van der Waals surface area contributed by atoms with Crippen molar-refractivity contribution in [3.63, 3.8) is 0 Å². The second-order valence-electron chi connectivity index (χ2n) is 6.06. The Hall–Kier alpha value is -2.83. The average molecular weight is 358 g/mol. The third-order valence-corrected chi connectivity index (χ3v) is 4.08. The summed E-state index contributed by atoms with van der Waals surface area (Å²) in [5.41, 5.74) is 1.78. The Bertz CT molecular complexity index is 922. The predicted octanol–water partition coefficient (Wildman–Crippen LogP) is 3.87. The zero-order valence-electron chi connectivity index (χ0n) is 14.7. The third-order valence-electron chi connectivity index (χ3n) is 4.08. The van der Waals surface area contributed by atoms with Crippen LogP contribution in [0.1, 0.15) is 31.0 Å². The van der Waals surface area contributed by atoms with Gasteiger partial charge in [-0.05, 0) is 19.4 Å². The van der Waals surface area contributed by atoms with Gasteiger partial charge in [-0.1, -0.05) is 37.3 Å². The van der Waals surface area contributed by atoms with Crippen molar-refractivity contribution in [1.29, 1.82) is 0 Å². The molecule has 0 spiro atoms. The molecular weight excluding hydrogens is 338 g/mol. The van der Waals surface area contributed by atoms with E-state index >= 15 is 0 Å². The Morgan fingerprint density at radius 1 is 1.27 bits per heavy atom. The molecule has 2 heterocycles. The fraction of sp³-hybridized carbons (Fsp3) is 0.316. The zero-order chi connectivity index (χ0) is 18.7. The van der Waals surface area contributed by atoms with Crippen LogP contribution in [0, 0.1) is 6.92 Å². The number of rotatable bonds is 6. The smallest absolute Gasteiger partial charge is 0.264 e. The van der Waals surface area contributed by atoms with E-state index in [0.29, 0.717) is 29.0 Å². The highest BCUT2D eigenvalue weighted by molar-refractivity contribution is 5.87. The second kappa shape index (κ2) is 7.59. The maximum atomic E-state index is 13.7. The molecule has 0 aliphatic heterocycles. The number of halogens is 2. The van der Waals surface area contributed by atoms with Gasteiger partial charge in [0.2, 0.25) is 5.91 Å². The summed E-state index contributed by atoms with van der Waals surface area (Å²) in [4.78, 5) is 16.6. The highest BCUT2D eigenvalue weighted by Crippen LogP contribution is 2.32. The lowest BCUT2D eigenvalue weighted by Crippen LogP contribution is -2.28. The van der Waals surface area contributed by atoms with E-state index in [1.807, 2.05) is 37.3 Å². The lowest BCUT2D eigenvalue weighted by molar-refractivity contribution is -0.121. The molecule has 1 amide bonds. The number of amides is 1. The lowest BCUT2D eigenvalue weighted by Gasteiger charge is -2.09. The number of aromatic nitrogens is 3. The Balaban J connectivity index is 2.12. The minimum Gasteiger partial charge on any atom is -0.355 e. The van der Waals surface area contributed by atoms with Crippen molar-refractivity contribution in [3.8, 4) is 11.3 Å². The molecule has 0 aliphatic rings. The number of nitrogens with one attached hydrogen (secondary N) is 1. The summed E-state index contributed by atoms with van der Waals surface area (Å²) in [5, 5.41) is 7.35. The van der Waals surface area contributed by atoms with Crippen LogP contribution in [0.25, 0.3) is 22.3 Å². The lowest BCUT2D eigenvalue weighted by atomic mass is 10.1. The van der Waals surface area contributed by atoms with Crippen LogP contribution in [0.3, 0.4) is 0 Å². The van der Waals surface area contributed by atoms with Crippen LogP contribution in [-0.2, 0) is 11.3 Å². The van der Waals surface area contributed by atoms with Gasteiger partial charge < -0.3 is 5.32 Å². The molecular formula is C19H20F2N4O. The first-order valence-electron chi connectivity index (χ1n) is 8.49. The van der Waals surface area contributed by atoms with Crippen molar-refractivity contribution in [2.75, 3.05) is 6.54 Å². The molecule has 3 rings (SSSR count). The summed E-state index contributed by atoms with van der Waals surface area (Å²) < 4.78 is 28.7. The Labute approximate surface area is 150 Å². The highest BCUT2D eigenvalue weighted by atomic mass is 19.3. The Morgan fingerprint density at radius 3 is 2.65 bits per heavy atom. The van der Waals surface area contributed by atoms with E-state index in [4.69, 9.17) is 0 Å². The molecule has 2 aromatic heterocycles. The van der Waals surface area contributed by atoms with E-state index in [0.717, 1.165) is 12.0 Å². The number of alkyl halides is 2. The fourth-order valence-electron chi connectivity index (χ4n) is 2.88. The largest absolute Gasteiger partial charge is 0.355 e. The van der Waals surface area contributed by atoms with E-state index < -0.39 is 6.43 Å². The highest BCUT2D eigenvalue weighted by Gasteiger charge is 2.21. The van der Waals surface area contributed by atoms with Crippen LogP contribution >= 0.6 is 0 Å². The van der Waals surface area contributed by atoms with Crippen molar-refractivity contribution < 1.29 is 13.6 Å². The van der Waals surface area contributed by atoms with Crippen LogP contribution in [0.4, 0.5) is 8.78 Å². The van der Waals surface area contributed by atoms with Gasteiger partial charge in [-0.25, -0.2) is 18.4 Å². The molecule has 0 bridgehead atoms. The minimum atomic E-state index is -2.66. The van der Waals surface area contributed by atoms with Gasteiger partial charge in [-0.3, -0.25) is 4.79 Å².